The zero-order valence-corrected chi connectivity index (χ0v) is 24.0. The number of hydrogen-bond donors (Lipinski definition) is 2. The summed E-state index contributed by atoms with van der Waals surface area (Å²) >= 11 is 0. The maximum atomic E-state index is 13.5. The van der Waals surface area contributed by atoms with Crippen LogP contribution in [0.5, 0.6) is 0 Å². The third kappa shape index (κ3) is 5.36. The van der Waals surface area contributed by atoms with Gasteiger partial charge in [0.15, 0.2) is 12.4 Å². The van der Waals surface area contributed by atoms with Crippen LogP contribution in [0.15, 0.2) is 23.8 Å². The second-order valence-electron chi connectivity index (χ2n) is 13.3. The van der Waals surface area contributed by atoms with Crippen molar-refractivity contribution in [1.82, 2.24) is 4.90 Å². The molecule has 7 atom stereocenters. The summed E-state index contributed by atoms with van der Waals surface area (Å²) in [5.74, 6) is -0.735. The van der Waals surface area contributed by atoms with Crippen molar-refractivity contribution in [3.63, 3.8) is 0 Å². The quantitative estimate of drug-likeness (QED) is 0.238. The van der Waals surface area contributed by atoms with Crippen LogP contribution in [0.2, 0.25) is 0 Å². The van der Waals surface area contributed by atoms with E-state index in [2.05, 4.69) is 11.8 Å². The van der Waals surface area contributed by atoms with Crippen LogP contribution in [-0.2, 0) is 24.0 Å². The molecule has 1 aliphatic heterocycles. The third-order valence-electron chi connectivity index (χ3n) is 11.3. The number of fused-ring (bicyclic) bond motifs is 5. The molecule has 4 aliphatic carbocycles. The Balaban J connectivity index is 1.16. The molecule has 41 heavy (non-hydrogen) atoms. The predicted molar refractivity (Wildman–Crippen MR) is 146 cm³/mol. The molecule has 0 bridgehead atoms. The minimum Gasteiger partial charge on any atom is -0.457 e. The lowest BCUT2D eigenvalue weighted by Gasteiger charge is -2.59. The highest BCUT2D eigenvalue weighted by molar-refractivity contribution is 6.01. The summed E-state index contributed by atoms with van der Waals surface area (Å²) in [6, 6.07) is 0. The van der Waals surface area contributed by atoms with Gasteiger partial charge in [-0.15, -0.1) is 10.1 Å². The van der Waals surface area contributed by atoms with Crippen LogP contribution in [-0.4, -0.2) is 82.3 Å². The second kappa shape index (κ2) is 11.2. The lowest BCUT2D eigenvalue weighted by Crippen LogP contribution is -2.61. The average molecular weight is 575 g/mol. The average Bonchev–Trinajstić information content (AvgIpc) is 3.19. The number of piperidine rings is 1. The number of rotatable bonds is 9. The normalized spacial score (nSPS) is 38.8. The molecule has 11 nitrogen and oxygen atoms in total. The summed E-state index contributed by atoms with van der Waals surface area (Å²) in [6.07, 6.45) is 9.39. The highest BCUT2D eigenvalue weighted by Gasteiger charge is 2.68. The first-order chi connectivity index (χ1) is 19.4. The zero-order valence-electron chi connectivity index (χ0n) is 24.0. The molecule has 0 aromatic heterocycles. The maximum absolute atomic E-state index is 13.5. The van der Waals surface area contributed by atoms with Gasteiger partial charge < -0.3 is 19.8 Å². The smallest absolute Gasteiger partial charge is 0.320 e. The Morgan fingerprint density at radius 3 is 2.63 bits per heavy atom. The highest BCUT2D eigenvalue weighted by Crippen LogP contribution is 2.67. The van der Waals surface area contributed by atoms with Gasteiger partial charge in [-0.25, -0.2) is 0 Å². The second-order valence-corrected chi connectivity index (χ2v) is 13.3. The molecule has 1 saturated heterocycles. The molecule has 3 unspecified atom stereocenters. The van der Waals surface area contributed by atoms with Gasteiger partial charge in [0, 0.05) is 16.7 Å². The topological polar surface area (TPSA) is 157 Å². The Bertz CT molecular complexity index is 1140. The first kappa shape index (κ1) is 29.8. The Morgan fingerprint density at radius 1 is 1.20 bits per heavy atom. The maximum Gasteiger partial charge on any atom is 0.320 e. The van der Waals surface area contributed by atoms with Crippen molar-refractivity contribution in [2.24, 2.45) is 34.5 Å². The number of ketones is 2. The highest BCUT2D eigenvalue weighted by atomic mass is 16.9. The molecule has 1 heterocycles. The van der Waals surface area contributed by atoms with Gasteiger partial charge in [-0.1, -0.05) is 25.5 Å². The molecule has 226 valence electrons. The predicted octanol–water partition coefficient (Wildman–Crippen LogP) is 2.42. The van der Waals surface area contributed by atoms with E-state index in [-0.39, 0.29) is 49.5 Å². The molecule has 3 saturated carbocycles. The van der Waals surface area contributed by atoms with Gasteiger partial charge in [0.05, 0.1) is 19.3 Å². The van der Waals surface area contributed by atoms with Gasteiger partial charge in [0.25, 0.3) is 5.09 Å². The van der Waals surface area contributed by atoms with Crippen LogP contribution < -0.4 is 0 Å². The van der Waals surface area contributed by atoms with Crippen LogP contribution in [0, 0.1) is 44.6 Å². The number of Topliss-reactive ketones (excluding diaryl/α,β-unsaturated/α-hetero) is 1. The van der Waals surface area contributed by atoms with Crippen molar-refractivity contribution in [2.75, 3.05) is 32.8 Å². The van der Waals surface area contributed by atoms with Crippen molar-refractivity contribution in [1.29, 1.82) is 0 Å². The van der Waals surface area contributed by atoms with Gasteiger partial charge >= 0.3 is 5.97 Å². The first-order valence-corrected chi connectivity index (χ1v) is 14.9. The Labute approximate surface area is 240 Å². The minimum absolute atomic E-state index is 0.0220. The number of ether oxygens (including phenoxy) is 1. The number of nitrogens with zero attached hydrogens (tertiary/aromatic N) is 2. The van der Waals surface area contributed by atoms with Crippen molar-refractivity contribution in [3.8, 4) is 0 Å². The summed E-state index contributed by atoms with van der Waals surface area (Å²) in [7, 11) is 0. The number of esters is 1. The van der Waals surface area contributed by atoms with Crippen LogP contribution >= 0.6 is 0 Å². The fourth-order valence-electron chi connectivity index (χ4n) is 9.01. The lowest BCUT2D eigenvalue weighted by atomic mass is 9.46. The van der Waals surface area contributed by atoms with E-state index in [9.17, 15) is 34.7 Å². The van der Waals surface area contributed by atoms with E-state index in [1.165, 1.54) is 0 Å². The van der Waals surface area contributed by atoms with Crippen molar-refractivity contribution in [3.05, 3.63) is 33.9 Å². The molecule has 4 fully saturated rings. The molecule has 5 rings (SSSR count). The Morgan fingerprint density at radius 2 is 1.93 bits per heavy atom. The molecule has 0 radical (unpaired) electrons. The van der Waals surface area contributed by atoms with Gasteiger partial charge in [0.1, 0.15) is 5.60 Å². The largest absolute Gasteiger partial charge is 0.457 e. The minimum atomic E-state index is -1.69. The van der Waals surface area contributed by atoms with Crippen molar-refractivity contribution < 1.29 is 39.3 Å². The monoisotopic (exact) mass is 574 g/mol. The Kier molecular flexibility index (Phi) is 8.17. The van der Waals surface area contributed by atoms with Crippen LogP contribution in [0.4, 0.5) is 0 Å². The third-order valence-corrected chi connectivity index (χ3v) is 11.3. The molecular formula is C30H42N2O9. The molecule has 2 N–H and O–H groups in total. The van der Waals surface area contributed by atoms with Crippen molar-refractivity contribution >= 4 is 17.5 Å². The van der Waals surface area contributed by atoms with E-state index in [0.29, 0.717) is 31.8 Å². The van der Waals surface area contributed by atoms with E-state index in [0.717, 1.165) is 31.3 Å². The molecule has 0 aromatic rings. The molecule has 0 amide bonds. The molecule has 11 heteroatoms. The van der Waals surface area contributed by atoms with E-state index in [4.69, 9.17) is 4.74 Å². The number of likely N-dealkylation sites (tertiary alicyclic amines) is 1. The summed E-state index contributed by atoms with van der Waals surface area (Å²) in [5.41, 5.74) is -1.90. The summed E-state index contributed by atoms with van der Waals surface area (Å²) < 4.78 is 5.36. The van der Waals surface area contributed by atoms with Gasteiger partial charge in [0.2, 0.25) is 5.78 Å². The van der Waals surface area contributed by atoms with E-state index in [1.807, 2.05) is 17.9 Å². The number of carbonyl (C=O) groups is 3. The Hall–Kier alpha value is -2.63. The lowest BCUT2D eigenvalue weighted by molar-refractivity contribution is -0.758. The number of hydrogen-bond acceptors (Lipinski definition) is 10. The zero-order chi connectivity index (χ0) is 29.6. The number of aliphatic hydroxyl groups excluding tert-OH is 1. The van der Waals surface area contributed by atoms with Crippen molar-refractivity contribution in [2.45, 2.75) is 76.9 Å². The van der Waals surface area contributed by atoms with E-state index < -0.39 is 46.0 Å². The summed E-state index contributed by atoms with van der Waals surface area (Å²) in [5, 5.41) is 32.9. The van der Waals surface area contributed by atoms with Gasteiger partial charge in [-0.3, -0.25) is 19.3 Å². The number of carbonyl (C=O) groups excluding carboxylic acids is 3. The fraction of sp³-hybridized carbons (Fsp3) is 0.767. The fourth-order valence-corrected chi connectivity index (χ4v) is 9.01. The molecule has 0 aromatic carbocycles. The van der Waals surface area contributed by atoms with Gasteiger partial charge in [-0.2, -0.15) is 0 Å². The van der Waals surface area contributed by atoms with E-state index >= 15 is 0 Å². The van der Waals surface area contributed by atoms with E-state index in [1.54, 1.807) is 12.2 Å². The number of allylic oxidation sites excluding steroid dienone is 4. The number of aliphatic hydroxyl groups is 2. The summed E-state index contributed by atoms with van der Waals surface area (Å²) in [6.45, 7) is 4.88. The standard InChI is InChI=1S/C30H42N2O9/c1-28-10-5-21(33)15-20(28)3-4-22-23-6-11-30(37,29(23,2)16-24(34)27(22)28)25(35)18-40-26(36)17-31-12-7-19(8-13-31)9-14-41-32(38)39/h5,10,15,19,22-24,27,34,37H,3-4,6-9,11-14,16-18H2,1-2H3/t22?,23?,24-,27?,28-,29-,30-/m0/s1. The SMILES string of the molecule is C[C@]12C=CC(=O)C=C1CCC1C2[C@@H](O)C[C@@]2(C)C1CC[C@]2(O)C(=O)COC(=O)CN1CCC(CCO[N+](=O)[O-])CC1. The summed E-state index contributed by atoms with van der Waals surface area (Å²) in [4.78, 5) is 54.7. The first-order valence-electron chi connectivity index (χ1n) is 14.9. The molecule has 5 aliphatic rings. The van der Waals surface area contributed by atoms with Crippen LogP contribution in [0.1, 0.15) is 65.2 Å². The van der Waals surface area contributed by atoms with Crippen LogP contribution in [0.25, 0.3) is 0 Å². The van der Waals surface area contributed by atoms with Crippen LogP contribution in [0.3, 0.4) is 0 Å². The molecular weight excluding hydrogens is 532 g/mol. The molecule has 0 spiro atoms. The van der Waals surface area contributed by atoms with Gasteiger partial charge in [-0.05, 0) is 94.4 Å².